The number of hydrogen-bond donors (Lipinski definition) is 2. The SMILES string of the molecule is CC(CNC(=O)CN1CCNCC1(C)C)c1ccccc1. The second kappa shape index (κ2) is 7.05. The first-order chi connectivity index (χ1) is 9.99. The smallest absolute Gasteiger partial charge is 0.234 e. The van der Waals surface area contributed by atoms with Gasteiger partial charge in [0.25, 0.3) is 0 Å². The Morgan fingerprint density at radius 1 is 1.38 bits per heavy atom. The minimum absolute atomic E-state index is 0.0423. The van der Waals surface area contributed by atoms with E-state index in [9.17, 15) is 4.79 Å². The fourth-order valence-electron chi connectivity index (χ4n) is 2.71. The Bertz CT molecular complexity index is 458. The van der Waals surface area contributed by atoms with Gasteiger partial charge >= 0.3 is 0 Å². The Labute approximate surface area is 127 Å². The van der Waals surface area contributed by atoms with Crippen LogP contribution in [0.15, 0.2) is 30.3 Å². The first-order valence-corrected chi connectivity index (χ1v) is 7.76. The molecule has 0 aliphatic carbocycles. The lowest BCUT2D eigenvalue weighted by Crippen LogP contribution is -2.59. The summed E-state index contributed by atoms with van der Waals surface area (Å²) in [5, 5.41) is 6.44. The van der Waals surface area contributed by atoms with Crippen molar-refractivity contribution in [2.75, 3.05) is 32.7 Å². The Morgan fingerprint density at radius 2 is 2.10 bits per heavy atom. The van der Waals surface area contributed by atoms with Crippen LogP contribution in [0.5, 0.6) is 0 Å². The minimum Gasteiger partial charge on any atom is -0.354 e. The molecule has 0 radical (unpaired) electrons. The fourth-order valence-corrected chi connectivity index (χ4v) is 2.71. The van der Waals surface area contributed by atoms with Gasteiger partial charge in [-0.15, -0.1) is 0 Å². The van der Waals surface area contributed by atoms with Crippen LogP contribution in [0, 0.1) is 0 Å². The highest BCUT2D eigenvalue weighted by atomic mass is 16.2. The molecule has 0 spiro atoms. The molecule has 1 saturated heterocycles. The maximum Gasteiger partial charge on any atom is 0.234 e. The molecule has 0 saturated carbocycles. The normalized spacial score (nSPS) is 20.0. The molecule has 0 aromatic heterocycles. The third-order valence-corrected chi connectivity index (χ3v) is 4.28. The number of nitrogens with one attached hydrogen (secondary N) is 2. The van der Waals surface area contributed by atoms with E-state index in [1.165, 1.54) is 5.56 Å². The second-order valence-electron chi connectivity index (χ2n) is 6.53. The van der Waals surface area contributed by atoms with E-state index >= 15 is 0 Å². The first-order valence-electron chi connectivity index (χ1n) is 7.76. The summed E-state index contributed by atoms with van der Waals surface area (Å²) in [5.74, 6) is 0.457. The van der Waals surface area contributed by atoms with Crippen molar-refractivity contribution in [3.05, 3.63) is 35.9 Å². The second-order valence-corrected chi connectivity index (χ2v) is 6.53. The topological polar surface area (TPSA) is 44.4 Å². The van der Waals surface area contributed by atoms with Crippen LogP contribution < -0.4 is 10.6 Å². The van der Waals surface area contributed by atoms with Crippen LogP contribution >= 0.6 is 0 Å². The van der Waals surface area contributed by atoms with Gasteiger partial charge in [-0.25, -0.2) is 0 Å². The average Bonchev–Trinajstić information content (AvgIpc) is 2.48. The van der Waals surface area contributed by atoms with Crippen molar-refractivity contribution < 1.29 is 4.79 Å². The van der Waals surface area contributed by atoms with Crippen molar-refractivity contribution in [3.8, 4) is 0 Å². The number of hydrogen-bond acceptors (Lipinski definition) is 3. The van der Waals surface area contributed by atoms with Crippen molar-refractivity contribution in [2.24, 2.45) is 0 Å². The number of rotatable bonds is 5. The van der Waals surface area contributed by atoms with Gasteiger partial charge in [0.1, 0.15) is 0 Å². The van der Waals surface area contributed by atoms with Crippen molar-refractivity contribution in [1.29, 1.82) is 0 Å². The predicted octanol–water partition coefficient (Wildman–Crippen LogP) is 1.59. The molecule has 1 unspecified atom stereocenters. The van der Waals surface area contributed by atoms with Crippen LogP contribution in [0.25, 0.3) is 0 Å². The summed E-state index contributed by atoms with van der Waals surface area (Å²) in [6.07, 6.45) is 0. The van der Waals surface area contributed by atoms with E-state index in [0.717, 1.165) is 19.6 Å². The molecule has 2 N–H and O–H groups in total. The summed E-state index contributed by atoms with van der Waals surface area (Å²) >= 11 is 0. The molecule has 0 bridgehead atoms. The standard InChI is InChI=1S/C17H27N3O/c1-14(15-7-5-4-6-8-15)11-19-16(21)12-20-10-9-18-13-17(20,2)3/h4-8,14,18H,9-13H2,1-3H3,(H,19,21). The van der Waals surface area contributed by atoms with Gasteiger partial charge in [0, 0.05) is 31.7 Å². The highest BCUT2D eigenvalue weighted by Crippen LogP contribution is 2.16. The maximum atomic E-state index is 12.2. The number of amides is 1. The number of nitrogens with zero attached hydrogens (tertiary/aromatic N) is 1. The van der Waals surface area contributed by atoms with E-state index in [0.29, 0.717) is 19.0 Å². The van der Waals surface area contributed by atoms with Gasteiger partial charge in [0.2, 0.25) is 5.91 Å². The van der Waals surface area contributed by atoms with E-state index in [1.54, 1.807) is 0 Å². The molecule has 1 amide bonds. The highest BCUT2D eigenvalue weighted by molar-refractivity contribution is 5.78. The summed E-state index contributed by atoms with van der Waals surface area (Å²) in [4.78, 5) is 14.4. The van der Waals surface area contributed by atoms with Gasteiger partial charge < -0.3 is 10.6 Å². The van der Waals surface area contributed by atoms with Gasteiger partial charge in [-0.2, -0.15) is 0 Å². The van der Waals surface area contributed by atoms with Crippen LogP contribution in [0.2, 0.25) is 0 Å². The Hall–Kier alpha value is -1.39. The lowest BCUT2D eigenvalue weighted by molar-refractivity contribution is -0.124. The average molecular weight is 289 g/mol. The molecule has 1 aliphatic rings. The molecular weight excluding hydrogens is 262 g/mol. The predicted molar refractivity (Wildman–Crippen MR) is 86.4 cm³/mol. The molecule has 1 fully saturated rings. The maximum absolute atomic E-state index is 12.2. The zero-order valence-electron chi connectivity index (χ0n) is 13.4. The number of carbonyl (C=O) groups excluding carboxylic acids is 1. The van der Waals surface area contributed by atoms with E-state index in [4.69, 9.17) is 0 Å². The quantitative estimate of drug-likeness (QED) is 0.865. The van der Waals surface area contributed by atoms with Crippen molar-refractivity contribution in [1.82, 2.24) is 15.5 Å². The molecule has 4 nitrogen and oxygen atoms in total. The summed E-state index contributed by atoms with van der Waals surface area (Å²) in [6, 6.07) is 10.3. The zero-order valence-corrected chi connectivity index (χ0v) is 13.4. The van der Waals surface area contributed by atoms with Crippen LogP contribution in [0.1, 0.15) is 32.3 Å². The first kappa shape index (κ1) is 16.0. The molecule has 1 atom stereocenters. The summed E-state index contributed by atoms with van der Waals surface area (Å²) < 4.78 is 0. The molecule has 2 rings (SSSR count). The third-order valence-electron chi connectivity index (χ3n) is 4.28. The number of carbonyl (C=O) groups is 1. The van der Waals surface area contributed by atoms with Crippen LogP contribution in [-0.2, 0) is 4.79 Å². The summed E-state index contributed by atoms with van der Waals surface area (Å²) in [6.45, 7) is 10.5. The number of benzene rings is 1. The molecular formula is C17H27N3O. The molecule has 1 heterocycles. The van der Waals surface area contributed by atoms with Gasteiger partial charge in [-0.05, 0) is 25.3 Å². The Balaban J connectivity index is 1.79. The Morgan fingerprint density at radius 3 is 2.76 bits per heavy atom. The van der Waals surface area contributed by atoms with Gasteiger partial charge in [0.15, 0.2) is 0 Å². The van der Waals surface area contributed by atoms with Crippen LogP contribution in [0.3, 0.4) is 0 Å². The number of piperazine rings is 1. The molecule has 1 aromatic carbocycles. The fraction of sp³-hybridized carbons (Fsp3) is 0.588. The summed E-state index contributed by atoms with van der Waals surface area (Å²) in [5.41, 5.74) is 1.31. The molecule has 116 valence electrons. The van der Waals surface area contributed by atoms with Crippen molar-refractivity contribution in [2.45, 2.75) is 32.2 Å². The van der Waals surface area contributed by atoms with Crippen LogP contribution in [-0.4, -0.2) is 49.1 Å². The lowest BCUT2D eigenvalue weighted by Gasteiger charge is -2.42. The van der Waals surface area contributed by atoms with Gasteiger partial charge in [-0.1, -0.05) is 37.3 Å². The van der Waals surface area contributed by atoms with Gasteiger partial charge in [0.05, 0.1) is 6.54 Å². The summed E-state index contributed by atoms with van der Waals surface area (Å²) in [7, 11) is 0. The highest BCUT2D eigenvalue weighted by Gasteiger charge is 2.30. The van der Waals surface area contributed by atoms with E-state index < -0.39 is 0 Å². The zero-order chi connectivity index (χ0) is 15.3. The largest absolute Gasteiger partial charge is 0.354 e. The van der Waals surface area contributed by atoms with Crippen molar-refractivity contribution in [3.63, 3.8) is 0 Å². The molecule has 1 aliphatic heterocycles. The van der Waals surface area contributed by atoms with Crippen LogP contribution in [0.4, 0.5) is 0 Å². The lowest BCUT2D eigenvalue weighted by atomic mass is 10.00. The van der Waals surface area contributed by atoms with Gasteiger partial charge in [-0.3, -0.25) is 9.69 Å². The Kier molecular flexibility index (Phi) is 5.37. The third kappa shape index (κ3) is 4.55. The molecule has 1 aromatic rings. The molecule has 4 heteroatoms. The van der Waals surface area contributed by atoms with E-state index in [-0.39, 0.29) is 11.4 Å². The van der Waals surface area contributed by atoms with E-state index in [1.807, 2.05) is 18.2 Å². The molecule has 21 heavy (non-hydrogen) atoms. The monoisotopic (exact) mass is 289 g/mol. The minimum atomic E-state index is 0.0423. The van der Waals surface area contributed by atoms with E-state index in [2.05, 4.69) is 48.4 Å². The van der Waals surface area contributed by atoms with Crippen molar-refractivity contribution >= 4 is 5.91 Å².